The summed E-state index contributed by atoms with van der Waals surface area (Å²) in [6.07, 6.45) is 4.98. The van der Waals surface area contributed by atoms with Crippen LogP contribution in [-0.4, -0.2) is 62.4 Å². The Bertz CT molecular complexity index is 550. The van der Waals surface area contributed by atoms with Gasteiger partial charge in [-0.2, -0.15) is 10.1 Å². The van der Waals surface area contributed by atoms with Crippen LogP contribution in [0.1, 0.15) is 0 Å². The first-order chi connectivity index (χ1) is 9.33. The molecule has 3 rings (SSSR count). The van der Waals surface area contributed by atoms with Crippen LogP contribution in [0, 0.1) is 0 Å². The number of hydrogen-bond donors (Lipinski definition) is 2. The van der Waals surface area contributed by atoms with Crippen LogP contribution >= 0.6 is 0 Å². The number of piperazine rings is 1. The predicted molar refractivity (Wildman–Crippen MR) is 70.1 cm³/mol. The molecule has 0 unspecified atom stereocenters. The van der Waals surface area contributed by atoms with Gasteiger partial charge in [0, 0.05) is 51.7 Å². The van der Waals surface area contributed by atoms with Gasteiger partial charge in [-0.25, -0.2) is 9.89 Å². The molecule has 1 aliphatic heterocycles. The van der Waals surface area contributed by atoms with E-state index in [0.29, 0.717) is 0 Å². The van der Waals surface area contributed by atoms with E-state index in [-0.39, 0.29) is 5.69 Å². The van der Waals surface area contributed by atoms with E-state index in [1.807, 2.05) is 0 Å². The number of H-pyrrole nitrogens is 2. The first kappa shape index (κ1) is 12.0. The smallest absolute Gasteiger partial charge is 0.325 e. The van der Waals surface area contributed by atoms with Crippen molar-refractivity contribution in [2.75, 3.05) is 37.6 Å². The fraction of sp³-hybridized carbons (Fsp3) is 0.545. The second kappa shape index (κ2) is 5.27. The number of anilines is 1. The lowest BCUT2D eigenvalue weighted by molar-refractivity contribution is 0.246. The number of rotatable bonds is 4. The summed E-state index contributed by atoms with van der Waals surface area (Å²) in [6, 6.07) is 0. The molecule has 2 aromatic rings. The lowest BCUT2D eigenvalue weighted by Crippen LogP contribution is -2.47. The van der Waals surface area contributed by atoms with Crippen molar-refractivity contribution in [3.05, 3.63) is 29.2 Å². The molecule has 0 aliphatic carbocycles. The Kier molecular flexibility index (Phi) is 3.32. The van der Waals surface area contributed by atoms with Crippen LogP contribution in [0.25, 0.3) is 0 Å². The van der Waals surface area contributed by atoms with Crippen LogP contribution in [0.3, 0.4) is 0 Å². The molecule has 0 radical (unpaired) electrons. The lowest BCUT2D eigenvalue weighted by Gasteiger charge is -2.34. The van der Waals surface area contributed by atoms with Gasteiger partial charge in [-0.1, -0.05) is 0 Å². The minimum atomic E-state index is -0.0414. The van der Waals surface area contributed by atoms with Crippen LogP contribution in [0.15, 0.2) is 23.5 Å². The fourth-order valence-electron chi connectivity index (χ4n) is 2.31. The minimum Gasteiger partial charge on any atom is -0.339 e. The third-order valence-electron chi connectivity index (χ3n) is 3.45. The van der Waals surface area contributed by atoms with E-state index < -0.39 is 0 Å². The van der Waals surface area contributed by atoms with Crippen molar-refractivity contribution in [1.29, 1.82) is 0 Å². The van der Waals surface area contributed by atoms with Crippen LogP contribution in [0.5, 0.6) is 0 Å². The molecule has 102 valence electrons. The largest absolute Gasteiger partial charge is 0.339 e. The highest BCUT2D eigenvalue weighted by Gasteiger charge is 2.18. The van der Waals surface area contributed by atoms with E-state index in [2.05, 4.69) is 30.0 Å². The van der Waals surface area contributed by atoms with Crippen molar-refractivity contribution in [3.8, 4) is 0 Å². The highest BCUT2D eigenvalue weighted by atomic mass is 16.1. The second-order valence-electron chi connectivity index (χ2n) is 4.60. The maximum absolute atomic E-state index is 11.4. The first-order valence-corrected chi connectivity index (χ1v) is 6.39. The summed E-state index contributed by atoms with van der Waals surface area (Å²) in [7, 11) is 0. The van der Waals surface area contributed by atoms with Crippen molar-refractivity contribution >= 4 is 5.95 Å². The monoisotopic (exact) mass is 263 g/mol. The summed E-state index contributed by atoms with van der Waals surface area (Å²) >= 11 is 0. The molecule has 0 atom stereocenters. The van der Waals surface area contributed by atoms with Crippen molar-refractivity contribution in [2.24, 2.45) is 0 Å². The number of aromatic nitrogens is 5. The van der Waals surface area contributed by atoms with E-state index in [1.165, 1.54) is 6.33 Å². The number of nitrogens with one attached hydrogen (secondary N) is 2. The zero-order valence-electron chi connectivity index (χ0n) is 10.6. The molecule has 1 saturated heterocycles. The summed E-state index contributed by atoms with van der Waals surface area (Å²) in [5.41, 5.74) is -0.0414. The molecular formula is C11H17N7O. The van der Waals surface area contributed by atoms with E-state index >= 15 is 0 Å². The van der Waals surface area contributed by atoms with Gasteiger partial charge < -0.3 is 9.88 Å². The summed E-state index contributed by atoms with van der Waals surface area (Å²) in [5.74, 6) is 0.835. The van der Waals surface area contributed by atoms with Gasteiger partial charge in [0.2, 0.25) is 5.95 Å². The van der Waals surface area contributed by atoms with Gasteiger partial charge in [-0.3, -0.25) is 9.47 Å². The van der Waals surface area contributed by atoms with Crippen molar-refractivity contribution in [2.45, 2.75) is 6.54 Å². The topological polar surface area (TPSA) is 85.8 Å². The van der Waals surface area contributed by atoms with Gasteiger partial charge in [0.15, 0.2) is 0 Å². The van der Waals surface area contributed by atoms with Gasteiger partial charge in [0.1, 0.15) is 6.33 Å². The molecule has 19 heavy (non-hydrogen) atoms. The molecule has 3 heterocycles. The zero-order valence-corrected chi connectivity index (χ0v) is 10.6. The molecule has 0 bridgehead atoms. The van der Waals surface area contributed by atoms with Crippen molar-refractivity contribution in [1.82, 2.24) is 29.6 Å². The summed E-state index contributed by atoms with van der Waals surface area (Å²) < 4.78 is 1.70. The maximum Gasteiger partial charge on any atom is 0.325 e. The summed E-state index contributed by atoms with van der Waals surface area (Å²) in [5, 5.41) is 6.74. The fourth-order valence-corrected chi connectivity index (χ4v) is 2.31. The van der Waals surface area contributed by atoms with E-state index in [0.717, 1.165) is 45.2 Å². The van der Waals surface area contributed by atoms with Gasteiger partial charge >= 0.3 is 5.69 Å². The molecule has 0 amide bonds. The minimum absolute atomic E-state index is 0.0414. The third kappa shape index (κ3) is 2.68. The molecule has 0 saturated carbocycles. The molecule has 8 heteroatoms. The van der Waals surface area contributed by atoms with Crippen LogP contribution in [0.2, 0.25) is 0 Å². The number of aromatic amines is 2. The summed E-state index contributed by atoms with van der Waals surface area (Å²) in [4.78, 5) is 22.7. The van der Waals surface area contributed by atoms with Crippen LogP contribution < -0.4 is 10.6 Å². The Morgan fingerprint density at radius 2 is 2.05 bits per heavy atom. The zero-order chi connectivity index (χ0) is 13.1. The predicted octanol–water partition coefficient (Wildman–Crippen LogP) is -0.883. The Balaban J connectivity index is 1.48. The maximum atomic E-state index is 11.4. The van der Waals surface area contributed by atoms with Gasteiger partial charge in [-0.05, 0) is 0 Å². The Labute approximate surface area is 110 Å². The second-order valence-corrected chi connectivity index (χ2v) is 4.60. The quantitative estimate of drug-likeness (QED) is 0.748. The molecule has 2 aromatic heterocycles. The van der Waals surface area contributed by atoms with E-state index in [9.17, 15) is 4.79 Å². The third-order valence-corrected chi connectivity index (χ3v) is 3.45. The highest BCUT2D eigenvalue weighted by molar-refractivity contribution is 5.27. The van der Waals surface area contributed by atoms with Gasteiger partial charge in [0.05, 0.1) is 0 Å². The Morgan fingerprint density at radius 1 is 1.21 bits per heavy atom. The molecule has 1 fully saturated rings. The first-order valence-electron chi connectivity index (χ1n) is 6.39. The van der Waals surface area contributed by atoms with E-state index in [4.69, 9.17) is 0 Å². The average molecular weight is 263 g/mol. The number of hydrogen-bond acceptors (Lipinski definition) is 5. The van der Waals surface area contributed by atoms with Gasteiger partial charge in [0.25, 0.3) is 0 Å². The van der Waals surface area contributed by atoms with Crippen LogP contribution in [0.4, 0.5) is 5.95 Å². The lowest BCUT2D eigenvalue weighted by atomic mass is 10.3. The molecule has 1 aliphatic rings. The molecular weight excluding hydrogens is 246 g/mol. The van der Waals surface area contributed by atoms with Crippen molar-refractivity contribution in [3.63, 3.8) is 0 Å². The highest BCUT2D eigenvalue weighted by Crippen LogP contribution is 2.08. The standard InChI is InChI=1S/C11H17N7O/c19-11-12-1-2-18(11)8-5-16-3-6-17(7-4-16)10-13-9-14-15-10/h1-2,9H,3-8H2,(H,12,19)(H,13,14,15). The normalized spacial score (nSPS) is 16.9. The molecule has 0 aromatic carbocycles. The van der Waals surface area contributed by atoms with Gasteiger partial charge in [-0.15, -0.1) is 0 Å². The molecule has 2 N–H and O–H groups in total. The summed E-state index contributed by atoms with van der Waals surface area (Å²) in [6.45, 7) is 5.42. The number of imidazole rings is 1. The van der Waals surface area contributed by atoms with Crippen LogP contribution in [-0.2, 0) is 6.54 Å². The number of nitrogens with zero attached hydrogens (tertiary/aromatic N) is 5. The van der Waals surface area contributed by atoms with E-state index in [1.54, 1.807) is 17.0 Å². The molecule has 0 spiro atoms. The Hall–Kier alpha value is -2.09. The average Bonchev–Trinajstić information content (AvgIpc) is 3.09. The molecule has 8 nitrogen and oxygen atoms in total. The van der Waals surface area contributed by atoms with Crippen molar-refractivity contribution < 1.29 is 0 Å². The Morgan fingerprint density at radius 3 is 2.68 bits per heavy atom. The SMILES string of the molecule is O=c1[nH]ccn1CCN1CCN(c2ncn[nH]2)CC1.